The van der Waals surface area contributed by atoms with E-state index >= 15 is 0 Å². The molecule has 28 heavy (non-hydrogen) atoms. The first-order valence-corrected chi connectivity index (χ1v) is 9.79. The third-order valence-corrected chi connectivity index (χ3v) is 5.14. The lowest BCUT2D eigenvalue weighted by Gasteiger charge is -2.09. The predicted molar refractivity (Wildman–Crippen MR) is 108 cm³/mol. The molecule has 3 rings (SSSR count). The summed E-state index contributed by atoms with van der Waals surface area (Å²) >= 11 is 7.30. The molecule has 0 saturated carbocycles. The standard InChI is InChI=1S/C19H17ClN4O3S/c20-15-6-2-1-4-12(15)10-22-16(25)8-7-13-11-28-19(23-13)24-18(27)14-5-3-9-21-17(14)26/h1-6,9,11,14H,7-8,10H2,(H,22,25)(H,23,24,27). The van der Waals surface area contributed by atoms with Crippen molar-refractivity contribution in [1.29, 1.82) is 0 Å². The highest BCUT2D eigenvalue weighted by molar-refractivity contribution is 7.13. The number of amides is 3. The Labute approximate surface area is 170 Å². The molecule has 0 spiro atoms. The van der Waals surface area contributed by atoms with Crippen LogP contribution < -0.4 is 10.6 Å². The topological polar surface area (TPSA) is 101 Å². The Hall–Kier alpha value is -2.84. The summed E-state index contributed by atoms with van der Waals surface area (Å²) in [5.74, 6) is -2.04. The molecule has 3 amide bonds. The van der Waals surface area contributed by atoms with Gasteiger partial charge in [-0.2, -0.15) is 0 Å². The number of hydrogen-bond acceptors (Lipinski definition) is 5. The first-order chi connectivity index (χ1) is 13.5. The van der Waals surface area contributed by atoms with Crippen LogP contribution in [0.15, 0.2) is 46.8 Å². The van der Waals surface area contributed by atoms with E-state index in [0.29, 0.717) is 28.8 Å². The molecule has 2 heterocycles. The zero-order chi connectivity index (χ0) is 19.9. The number of aromatic nitrogens is 1. The average Bonchev–Trinajstić information content (AvgIpc) is 3.13. The van der Waals surface area contributed by atoms with E-state index in [0.717, 1.165) is 5.56 Å². The summed E-state index contributed by atoms with van der Waals surface area (Å²) in [4.78, 5) is 43.6. The second-order valence-corrected chi connectivity index (χ2v) is 7.25. The molecule has 7 nitrogen and oxygen atoms in total. The van der Waals surface area contributed by atoms with Crippen molar-refractivity contribution in [2.45, 2.75) is 19.4 Å². The lowest BCUT2D eigenvalue weighted by atomic mass is 10.1. The van der Waals surface area contributed by atoms with Crippen LogP contribution in [0.2, 0.25) is 5.02 Å². The largest absolute Gasteiger partial charge is 0.352 e. The number of benzene rings is 1. The summed E-state index contributed by atoms with van der Waals surface area (Å²) in [7, 11) is 0. The SMILES string of the molecule is O=C(CCc1csc(NC(=O)C2C=CC=NC2=O)n1)NCc1ccccc1Cl. The van der Waals surface area contributed by atoms with E-state index in [1.807, 2.05) is 18.2 Å². The van der Waals surface area contributed by atoms with Crippen molar-refractivity contribution in [3.05, 3.63) is 58.1 Å². The Kier molecular flexibility index (Phi) is 6.67. The van der Waals surface area contributed by atoms with Crippen LogP contribution in [0.3, 0.4) is 0 Å². The predicted octanol–water partition coefficient (Wildman–Crippen LogP) is 2.77. The average molecular weight is 417 g/mol. The van der Waals surface area contributed by atoms with E-state index in [4.69, 9.17) is 11.6 Å². The van der Waals surface area contributed by atoms with Gasteiger partial charge in [0.15, 0.2) is 5.13 Å². The molecule has 0 aliphatic carbocycles. The fourth-order valence-corrected chi connectivity index (χ4v) is 3.42. The molecule has 1 aromatic carbocycles. The third-order valence-electron chi connectivity index (χ3n) is 3.96. The summed E-state index contributed by atoms with van der Waals surface area (Å²) < 4.78 is 0. The number of anilines is 1. The number of thiazole rings is 1. The van der Waals surface area contributed by atoms with Crippen molar-refractivity contribution >= 4 is 52.0 Å². The van der Waals surface area contributed by atoms with Gasteiger partial charge in [0, 0.05) is 29.6 Å². The maximum atomic E-state index is 12.1. The Balaban J connectivity index is 1.45. The quantitative estimate of drug-likeness (QED) is 0.677. The molecular formula is C19H17ClN4O3S. The molecule has 144 valence electrons. The van der Waals surface area contributed by atoms with Crippen LogP contribution >= 0.6 is 22.9 Å². The van der Waals surface area contributed by atoms with E-state index in [9.17, 15) is 14.4 Å². The van der Waals surface area contributed by atoms with Crippen molar-refractivity contribution < 1.29 is 14.4 Å². The number of nitrogens with zero attached hydrogens (tertiary/aromatic N) is 2. The van der Waals surface area contributed by atoms with Crippen molar-refractivity contribution in [2.75, 3.05) is 5.32 Å². The second kappa shape index (κ2) is 9.38. The highest BCUT2D eigenvalue weighted by atomic mass is 35.5. The van der Waals surface area contributed by atoms with Crippen molar-refractivity contribution in [2.24, 2.45) is 10.9 Å². The normalized spacial score (nSPS) is 15.5. The van der Waals surface area contributed by atoms with Gasteiger partial charge < -0.3 is 10.6 Å². The van der Waals surface area contributed by atoms with Gasteiger partial charge in [0.25, 0.3) is 5.91 Å². The Bertz CT molecular complexity index is 954. The van der Waals surface area contributed by atoms with Gasteiger partial charge in [-0.25, -0.2) is 9.98 Å². The van der Waals surface area contributed by atoms with Gasteiger partial charge in [0.2, 0.25) is 11.8 Å². The second-order valence-electron chi connectivity index (χ2n) is 5.98. The minimum Gasteiger partial charge on any atom is -0.352 e. The molecule has 0 saturated heterocycles. The number of carbonyl (C=O) groups excluding carboxylic acids is 3. The van der Waals surface area contributed by atoms with Crippen LogP contribution in [0.25, 0.3) is 0 Å². The van der Waals surface area contributed by atoms with E-state index < -0.39 is 17.7 Å². The molecule has 1 unspecified atom stereocenters. The van der Waals surface area contributed by atoms with Crippen LogP contribution in [-0.2, 0) is 27.3 Å². The first-order valence-electron chi connectivity index (χ1n) is 8.53. The van der Waals surface area contributed by atoms with Gasteiger partial charge >= 0.3 is 0 Å². The number of rotatable bonds is 7. The maximum Gasteiger partial charge on any atom is 0.262 e. The number of dihydropyridines is 1. The smallest absolute Gasteiger partial charge is 0.262 e. The molecule has 1 aliphatic rings. The summed E-state index contributed by atoms with van der Waals surface area (Å²) in [5, 5.41) is 8.20. The number of halogens is 1. The van der Waals surface area contributed by atoms with Crippen LogP contribution in [0.1, 0.15) is 17.7 Å². The zero-order valence-electron chi connectivity index (χ0n) is 14.7. The van der Waals surface area contributed by atoms with Crippen LogP contribution in [0.5, 0.6) is 0 Å². The zero-order valence-corrected chi connectivity index (χ0v) is 16.3. The van der Waals surface area contributed by atoms with Gasteiger partial charge in [0.05, 0.1) is 5.69 Å². The molecule has 0 fully saturated rings. The fraction of sp³-hybridized carbons (Fsp3) is 0.211. The first kappa shape index (κ1) is 19.9. The van der Waals surface area contributed by atoms with E-state index in [2.05, 4.69) is 20.6 Å². The fourth-order valence-electron chi connectivity index (χ4n) is 2.47. The molecule has 9 heteroatoms. The number of hydrogen-bond donors (Lipinski definition) is 2. The highest BCUT2D eigenvalue weighted by Crippen LogP contribution is 2.19. The Morgan fingerprint density at radius 1 is 1.25 bits per heavy atom. The molecule has 1 aromatic heterocycles. The molecule has 1 atom stereocenters. The van der Waals surface area contributed by atoms with Crippen molar-refractivity contribution in [1.82, 2.24) is 10.3 Å². The van der Waals surface area contributed by atoms with Gasteiger partial charge in [-0.05, 0) is 24.1 Å². The minimum atomic E-state index is -0.937. The minimum absolute atomic E-state index is 0.116. The van der Waals surface area contributed by atoms with E-state index in [1.165, 1.54) is 23.6 Å². The summed E-state index contributed by atoms with van der Waals surface area (Å²) in [6.07, 6.45) is 5.10. The summed E-state index contributed by atoms with van der Waals surface area (Å²) in [6.45, 7) is 0.363. The molecule has 2 aromatic rings. The lowest BCUT2D eigenvalue weighted by Crippen LogP contribution is -2.28. The van der Waals surface area contributed by atoms with E-state index in [-0.39, 0.29) is 12.3 Å². The molecule has 0 radical (unpaired) electrons. The van der Waals surface area contributed by atoms with Crippen molar-refractivity contribution in [3.63, 3.8) is 0 Å². The molecular weight excluding hydrogens is 400 g/mol. The lowest BCUT2D eigenvalue weighted by molar-refractivity contribution is -0.128. The number of carbonyl (C=O) groups is 3. The number of aliphatic imine (C=N–C) groups is 1. The van der Waals surface area contributed by atoms with Gasteiger partial charge in [-0.15, -0.1) is 11.3 Å². The Morgan fingerprint density at radius 2 is 2.07 bits per heavy atom. The number of allylic oxidation sites excluding steroid dienone is 1. The van der Waals surface area contributed by atoms with Crippen molar-refractivity contribution in [3.8, 4) is 0 Å². The molecule has 0 bridgehead atoms. The maximum absolute atomic E-state index is 12.1. The molecule has 2 N–H and O–H groups in total. The van der Waals surface area contributed by atoms with Gasteiger partial charge in [-0.1, -0.05) is 35.9 Å². The number of aryl methyl sites for hydroxylation is 1. The monoisotopic (exact) mass is 416 g/mol. The molecule has 1 aliphatic heterocycles. The van der Waals surface area contributed by atoms with E-state index in [1.54, 1.807) is 17.5 Å². The third kappa shape index (κ3) is 5.34. The number of nitrogens with one attached hydrogen (secondary N) is 2. The van der Waals surface area contributed by atoms with Crippen LogP contribution in [0.4, 0.5) is 5.13 Å². The summed E-state index contributed by atoms with van der Waals surface area (Å²) in [6, 6.07) is 7.33. The van der Waals surface area contributed by atoms with Crippen LogP contribution in [-0.4, -0.2) is 28.9 Å². The Morgan fingerprint density at radius 3 is 2.86 bits per heavy atom. The van der Waals surface area contributed by atoms with Gasteiger partial charge in [-0.3, -0.25) is 14.4 Å². The van der Waals surface area contributed by atoms with Gasteiger partial charge in [0.1, 0.15) is 5.92 Å². The highest BCUT2D eigenvalue weighted by Gasteiger charge is 2.25. The van der Waals surface area contributed by atoms with Crippen LogP contribution in [0, 0.1) is 5.92 Å². The summed E-state index contributed by atoms with van der Waals surface area (Å²) in [5.41, 5.74) is 1.54.